The Morgan fingerprint density at radius 2 is 2.00 bits per heavy atom. The summed E-state index contributed by atoms with van der Waals surface area (Å²) in [6.45, 7) is 4.36. The average molecular weight is 341 g/mol. The molecule has 1 aliphatic carbocycles. The molecule has 4 bridgehead atoms. The van der Waals surface area contributed by atoms with E-state index in [9.17, 15) is 25.0 Å². The Balaban J connectivity index is 2.12. The molecule has 134 valence electrons. The van der Waals surface area contributed by atoms with E-state index in [2.05, 4.69) is 0 Å². The molecule has 5 unspecified atom stereocenters. The van der Waals surface area contributed by atoms with Gasteiger partial charge in [-0.25, -0.2) is 0 Å². The molecule has 3 aliphatic rings. The van der Waals surface area contributed by atoms with Crippen LogP contribution in [0.5, 0.6) is 0 Å². The van der Waals surface area contributed by atoms with Crippen LogP contribution in [0.15, 0.2) is 0 Å². The molecule has 9 heteroatoms. The summed E-state index contributed by atoms with van der Waals surface area (Å²) in [6.07, 6.45) is 0.384. The predicted molar refractivity (Wildman–Crippen MR) is 82.9 cm³/mol. The first kappa shape index (κ1) is 17.2. The molecule has 0 N–H and O–H groups in total. The molecule has 3 fully saturated rings. The van der Waals surface area contributed by atoms with Crippen LogP contribution in [-0.4, -0.2) is 63.4 Å². The molecule has 9 nitrogen and oxygen atoms in total. The first-order valence-corrected chi connectivity index (χ1v) is 8.49. The number of Topliss-reactive ketones (excluding diaryl/α,β-unsaturated/α-hetero) is 1. The summed E-state index contributed by atoms with van der Waals surface area (Å²) >= 11 is 0. The lowest BCUT2D eigenvalue weighted by Gasteiger charge is -2.56. The molecule has 0 aromatic heterocycles. The summed E-state index contributed by atoms with van der Waals surface area (Å²) in [5, 5.41) is 24.0. The quantitative estimate of drug-likeness (QED) is 0.539. The number of likely N-dealkylation sites (tertiary alicyclic amines) is 1. The van der Waals surface area contributed by atoms with Crippen LogP contribution < -0.4 is 0 Å². The summed E-state index contributed by atoms with van der Waals surface area (Å²) in [5.41, 5.74) is -3.45. The molecule has 3 rings (SSSR count). The van der Waals surface area contributed by atoms with E-state index in [-0.39, 0.29) is 32.0 Å². The Kier molecular flexibility index (Phi) is 4.11. The third kappa shape index (κ3) is 2.10. The van der Waals surface area contributed by atoms with Crippen molar-refractivity contribution in [3.63, 3.8) is 0 Å². The Labute approximate surface area is 139 Å². The zero-order chi connectivity index (χ0) is 17.7. The smallest absolute Gasteiger partial charge is 0.301 e. The maximum atomic E-state index is 12.7. The zero-order valence-electron chi connectivity index (χ0n) is 14.0. The molecule has 0 amide bonds. The van der Waals surface area contributed by atoms with Gasteiger partial charge < -0.3 is 4.74 Å². The maximum absolute atomic E-state index is 12.7. The molecule has 1 saturated carbocycles. The van der Waals surface area contributed by atoms with Gasteiger partial charge in [-0.3, -0.25) is 29.9 Å². The standard InChI is InChI=1S/C15H23N3O6/c1-3-4-5-16-8-14(17(20)21)11-6-10(2)24-13(7-12(14)19)15(11,9-16)18(22)23/h10-11,13H,3-9H2,1-2H3. The molecule has 0 radical (unpaired) electrons. The second-order valence-electron chi connectivity index (χ2n) is 7.34. The summed E-state index contributed by atoms with van der Waals surface area (Å²) in [4.78, 5) is 37.5. The number of carbonyl (C=O) groups is 1. The minimum atomic E-state index is -1.88. The predicted octanol–water partition coefficient (Wildman–Crippen LogP) is 0.899. The van der Waals surface area contributed by atoms with E-state index < -0.39 is 38.7 Å². The SMILES string of the molecule is CCCCN1CC2([N+](=O)[O-])C(=O)CC3OC(C)CC2C3([N+](=O)[O-])C1. The van der Waals surface area contributed by atoms with Crippen LogP contribution in [0.1, 0.15) is 39.5 Å². The van der Waals surface area contributed by atoms with E-state index in [1.807, 2.05) is 6.92 Å². The monoisotopic (exact) mass is 341 g/mol. The second kappa shape index (κ2) is 5.73. The van der Waals surface area contributed by atoms with Crippen molar-refractivity contribution in [3.8, 4) is 0 Å². The molecule has 2 aliphatic heterocycles. The van der Waals surface area contributed by atoms with E-state index in [0.717, 1.165) is 12.8 Å². The van der Waals surface area contributed by atoms with Crippen LogP contribution in [0, 0.1) is 26.1 Å². The zero-order valence-corrected chi connectivity index (χ0v) is 14.0. The normalized spacial score (nSPS) is 41.9. The van der Waals surface area contributed by atoms with Crippen LogP contribution in [0.3, 0.4) is 0 Å². The minimum Gasteiger partial charge on any atom is -0.367 e. The molecule has 2 heterocycles. The van der Waals surface area contributed by atoms with Gasteiger partial charge >= 0.3 is 5.54 Å². The number of hydrogen-bond acceptors (Lipinski definition) is 7. The fourth-order valence-electron chi connectivity index (χ4n) is 4.88. The number of hydrogen-bond donors (Lipinski definition) is 0. The summed E-state index contributed by atoms with van der Waals surface area (Å²) in [6, 6.07) is 0. The highest BCUT2D eigenvalue weighted by molar-refractivity contribution is 5.90. The molecule has 2 saturated heterocycles. The average Bonchev–Trinajstić information content (AvgIpc) is 2.50. The van der Waals surface area contributed by atoms with Gasteiger partial charge in [0.1, 0.15) is 12.0 Å². The van der Waals surface area contributed by atoms with Crippen molar-refractivity contribution in [3.05, 3.63) is 20.2 Å². The van der Waals surface area contributed by atoms with Gasteiger partial charge in [0.15, 0.2) is 0 Å². The number of piperidine rings is 1. The van der Waals surface area contributed by atoms with Crippen molar-refractivity contribution in [2.45, 2.75) is 62.8 Å². The number of rotatable bonds is 5. The fourth-order valence-corrected chi connectivity index (χ4v) is 4.88. The molecule has 0 spiro atoms. The highest BCUT2D eigenvalue weighted by Gasteiger charge is 2.80. The molecule has 0 aromatic rings. The molecular weight excluding hydrogens is 318 g/mol. The van der Waals surface area contributed by atoms with Crippen molar-refractivity contribution < 1.29 is 19.4 Å². The highest BCUT2D eigenvalue weighted by Crippen LogP contribution is 2.53. The van der Waals surface area contributed by atoms with Crippen molar-refractivity contribution in [2.24, 2.45) is 5.92 Å². The Hall–Kier alpha value is -1.61. The molecular formula is C15H23N3O6. The molecule has 24 heavy (non-hydrogen) atoms. The maximum Gasteiger partial charge on any atom is 0.301 e. The lowest BCUT2D eigenvalue weighted by atomic mass is 9.55. The van der Waals surface area contributed by atoms with Crippen molar-refractivity contribution in [2.75, 3.05) is 19.6 Å². The van der Waals surface area contributed by atoms with Crippen molar-refractivity contribution in [1.29, 1.82) is 0 Å². The minimum absolute atomic E-state index is 0.0292. The Morgan fingerprint density at radius 3 is 2.58 bits per heavy atom. The molecule has 0 aromatic carbocycles. The number of ether oxygens (including phenoxy) is 1. The van der Waals surface area contributed by atoms with Gasteiger partial charge in [-0.1, -0.05) is 13.3 Å². The van der Waals surface area contributed by atoms with Crippen LogP contribution in [0.25, 0.3) is 0 Å². The largest absolute Gasteiger partial charge is 0.367 e. The number of nitrogens with zero attached hydrogens (tertiary/aromatic N) is 3. The topological polar surface area (TPSA) is 116 Å². The summed E-state index contributed by atoms with van der Waals surface area (Å²) in [5.74, 6) is -1.43. The molecule has 5 atom stereocenters. The van der Waals surface area contributed by atoms with Crippen LogP contribution in [-0.2, 0) is 9.53 Å². The van der Waals surface area contributed by atoms with E-state index >= 15 is 0 Å². The van der Waals surface area contributed by atoms with Crippen molar-refractivity contribution in [1.82, 2.24) is 4.90 Å². The van der Waals surface area contributed by atoms with Gasteiger partial charge in [-0.2, -0.15) is 0 Å². The van der Waals surface area contributed by atoms with Gasteiger partial charge in [0, 0.05) is 16.3 Å². The van der Waals surface area contributed by atoms with Gasteiger partial charge in [0.2, 0.25) is 5.78 Å². The summed E-state index contributed by atoms with van der Waals surface area (Å²) in [7, 11) is 0. The van der Waals surface area contributed by atoms with E-state index in [0.29, 0.717) is 6.54 Å². The van der Waals surface area contributed by atoms with Gasteiger partial charge in [0.25, 0.3) is 5.54 Å². The lowest BCUT2D eigenvalue weighted by molar-refractivity contribution is -0.653. The first-order chi connectivity index (χ1) is 11.3. The number of nitro groups is 2. The third-order valence-corrected chi connectivity index (χ3v) is 5.99. The van der Waals surface area contributed by atoms with Crippen molar-refractivity contribution >= 4 is 5.78 Å². The van der Waals surface area contributed by atoms with Gasteiger partial charge in [-0.15, -0.1) is 0 Å². The van der Waals surface area contributed by atoms with Crippen LogP contribution >= 0.6 is 0 Å². The van der Waals surface area contributed by atoms with Gasteiger partial charge in [0.05, 0.1) is 19.2 Å². The van der Waals surface area contributed by atoms with Crippen LogP contribution in [0.2, 0.25) is 0 Å². The number of ketones is 1. The van der Waals surface area contributed by atoms with Gasteiger partial charge in [-0.05, 0) is 26.3 Å². The van der Waals surface area contributed by atoms with Crippen LogP contribution in [0.4, 0.5) is 0 Å². The second-order valence-corrected chi connectivity index (χ2v) is 7.34. The fraction of sp³-hybridized carbons (Fsp3) is 0.933. The summed E-state index contributed by atoms with van der Waals surface area (Å²) < 4.78 is 5.74. The Morgan fingerprint density at radius 1 is 1.29 bits per heavy atom. The lowest BCUT2D eigenvalue weighted by Crippen LogP contribution is -2.82. The highest BCUT2D eigenvalue weighted by atomic mass is 16.6. The number of unbranched alkanes of at least 4 members (excludes halogenated alkanes) is 1. The van der Waals surface area contributed by atoms with E-state index in [4.69, 9.17) is 4.74 Å². The number of carbonyl (C=O) groups excluding carboxylic acids is 1. The van der Waals surface area contributed by atoms with E-state index in [1.54, 1.807) is 11.8 Å². The first-order valence-electron chi connectivity index (χ1n) is 8.49. The Bertz CT molecular complexity index is 584. The van der Waals surface area contributed by atoms with E-state index in [1.165, 1.54) is 0 Å². The third-order valence-electron chi connectivity index (χ3n) is 5.99.